The van der Waals surface area contributed by atoms with Crippen LogP contribution in [0.25, 0.3) is 0 Å². The van der Waals surface area contributed by atoms with E-state index >= 15 is 0 Å². The summed E-state index contributed by atoms with van der Waals surface area (Å²) in [6.07, 6.45) is 0. The van der Waals surface area contributed by atoms with Crippen LogP contribution in [0, 0.1) is 0 Å². The van der Waals surface area contributed by atoms with E-state index < -0.39 is 5.97 Å². The van der Waals surface area contributed by atoms with E-state index in [1.54, 1.807) is 30.3 Å². The van der Waals surface area contributed by atoms with Crippen molar-refractivity contribution in [1.29, 1.82) is 0 Å². The highest BCUT2D eigenvalue weighted by Gasteiger charge is 2.07. The quantitative estimate of drug-likeness (QED) is 0.715. The Bertz CT molecular complexity index is 321. The van der Waals surface area contributed by atoms with Gasteiger partial charge < -0.3 is 10.1 Å². The Kier molecular flexibility index (Phi) is 3.67. The summed E-state index contributed by atoms with van der Waals surface area (Å²) in [4.78, 5) is 22.0. The number of ether oxygens (including phenoxy) is 1. The smallest absolute Gasteiger partial charge is 0.338 e. The maximum atomic E-state index is 11.3. The predicted molar refractivity (Wildman–Crippen MR) is 50.8 cm³/mol. The summed E-state index contributed by atoms with van der Waals surface area (Å²) in [5.74, 6) is -0.816. The number of rotatable bonds is 3. The van der Waals surface area contributed by atoms with Gasteiger partial charge in [-0.05, 0) is 12.1 Å². The van der Waals surface area contributed by atoms with Crippen molar-refractivity contribution < 1.29 is 14.3 Å². The Morgan fingerprint density at radius 3 is 2.50 bits per heavy atom. The number of hydrogen-bond acceptors (Lipinski definition) is 3. The number of benzene rings is 1. The molecule has 0 fully saturated rings. The lowest BCUT2D eigenvalue weighted by molar-refractivity contribution is -0.123. The molecule has 0 saturated heterocycles. The molecule has 0 saturated carbocycles. The number of carbonyl (C=O) groups is 2. The van der Waals surface area contributed by atoms with Crippen LogP contribution in [0.1, 0.15) is 10.4 Å². The first-order chi connectivity index (χ1) is 6.74. The number of amides is 1. The minimum absolute atomic E-state index is 0.246. The second-order valence-electron chi connectivity index (χ2n) is 2.62. The second-order valence-corrected chi connectivity index (χ2v) is 2.62. The van der Waals surface area contributed by atoms with E-state index in [1.165, 1.54) is 7.05 Å². The van der Waals surface area contributed by atoms with Gasteiger partial charge in [0.2, 0.25) is 0 Å². The molecule has 0 heterocycles. The summed E-state index contributed by atoms with van der Waals surface area (Å²) in [5, 5.41) is 2.36. The molecule has 0 atom stereocenters. The average Bonchev–Trinajstić information content (AvgIpc) is 2.26. The number of likely N-dealkylation sites (N-methyl/N-ethyl adjacent to an activating group) is 1. The molecule has 0 aromatic heterocycles. The van der Waals surface area contributed by atoms with Gasteiger partial charge in [0.05, 0.1) is 5.56 Å². The second kappa shape index (κ2) is 5.01. The molecule has 0 radical (unpaired) electrons. The number of esters is 1. The third kappa shape index (κ3) is 2.90. The van der Waals surface area contributed by atoms with E-state index in [9.17, 15) is 9.59 Å². The summed E-state index contributed by atoms with van der Waals surface area (Å²) in [6, 6.07) is 8.53. The Hall–Kier alpha value is -1.84. The molecule has 0 spiro atoms. The van der Waals surface area contributed by atoms with E-state index in [0.29, 0.717) is 5.56 Å². The topological polar surface area (TPSA) is 55.4 Å². The third-order valence-corrected chi connectivity index (χ3v) is 1.62. The standard InChI is InChI=1S/C10H11NO3/c1-11-9(12)7-14-10(13)8-5-3-2-4-6-8/h2-6H,7H2,1H3,(H,11,12). The first-order valence-corrected chi connectivity index (χ1v) is 4.17. The fourth-order valence-electron chi connectivity index (χ4n) is 0.861. The normalized spacial score (nSPS) is 9.21. The largest absolute Gasteiger partial charge is 0.452 e. The van der Waals surface area contributed by atoms with E-state index in [-0.39, 0.29) is 12.5 Å². The van der Waals surface area contributed by atoms with Crippen LogP contribution < -0.4 is 5.32 Å². The molecule has 0 bridgehead atoms. The van der Waals surface area contributed by atoms with Gasteiger partial charge in [0, 0.05) is 7.05 Å². The first kappa shape index (κ1) is 10.2. The SMILES string of the molecule is CNC(=O)COC(=O)c1ccccc1. The van der Waals surface area contributed by atoms with Gasteiger partial charge in [-0.1, -0.05) is 18.2 Å². The van der Waals surface area contributed by atoms with Gasteiger partial charge in [-0.15, -0.1) is 0 Å². The van der Waals surface area contributed by atoms with Crippen LogP contribution in [-0.2, 0) is 9.53 Å². The molecule has 1 aromatic rings. The van der Waals surface area contributed by atoms with Crippen molar-refractivity contribution in [3.63, 3.8) is 0 Å². The van der Waals surface area contributed by atoms with Gasteiger partial charge >= 0.3 is 5.97 Å². The van der Waals surface area contributed by atoms with Gasteiger partial charge in [-0.25, -0.2) is 4.79 Å². The summed E-state index contributed by atoms with van der Waals surface area (Å²) in [5.41, 5.74) is 0.441. The Morgan fingerprint density at radius 2 is 1.93 bits per heavy atom. The molecule has 0 aliphatic heterocycles. The van der Waals surface area contributed by atoms with Gasteiger partial charge in [-0.2, -0.15) is 0 Å². The molecular formula is C10H11NO3. The minimum Gasteiger partial charge on any atom is -0.452 e. The van der Waals surface area contributed by atoms with Crippen LogP contribution in [0.2, 0.25) is 0 Å². The maximum Gasteiger partial charge on any atom is 0.338 e. The van der Waals surface area contributed by atoms with E-state index in [1.807, 2.05) is 0 Å². The highest BCUT2D eigenvalue weighted by atomic mass is 16.5. The van der Waals surface area contributed by atoms with Gasteiger partial charge in [0.15, 0.2) is 6.61 Å². The Labute approximate surface area is 81.9 Å². The molecule has 0 aliphatic rings. The van der Waals surface area contributed by atoms with E-state index in [0.717, 1.165) is 0 Å². The Balaban J connectivity index is 2.48. The van der Waals surface area contributed by atoms with Crippen molar-refractivity contribution in [2.24, 2.45) is 0 Å². The highest BCUT2D eigenvalue weighted by molar-refractivity contribution is 5.91. The molecule has 0 aliphatic carbocycles. The molecule has 1 N–H and O–H groups in total. The molecule has 4 nitrogen and oxygen atoms in total. The van der Waals surface area contributed by atoms with Crippen LogP contribution in [-0.4, -0.2) is 25.5 Å². The van der Waals surface area contributed by atoms with Crippen molar-refractivity contribution in [1.82, 2.24) is 5.32 Å². The lowest BCUT2D eigenvalue weighted by Crippen LogP contribution is -2.25. The van der Waals surface area contributed by atoms with Crippen molar-refractivity contribution in [2.45, 2.75) is 0 Å². The number of nitrogens with one attached hydrogen (secondary N) is 1. The first-order valence-electron chi connectivity index (χ1n) is 4.17. The molecule has 14 heavy (non-hydrogen) atoms. The predicted octanol–water partition coefficient (Wildman–Crippen LogP) is 0.589. The fourth-order valence-corrected chi connectivity index (χ4v) is 0.861. The van der Waals surface area contributed by atoms with E-state index in [4.69, 9.17) is 4.74 Å². The number of hydrogen-bond donors (Lipinski definition) is 1. The van der Waals surface area contributed by atoms with Crippen molar-refractivity contribution in [3.8, 4) is 0 Å². The highest BCUT2D eigenvalue weighted by Crippen LogP contribution is 2.00. The molecule has 1 amide bonds. The van der Waals surface area contributed by atoms with Crippen LogP contribution in [0.3, 0.4) is 0 Å². The summed E-state index contributed by atoms with van der Waals surface area (Å²) in [6.45, 7) is -0.246. The third-order valence-electron chi connectivity index (χ3n) is 1.62. The number of carbonyl (C=O) groups excluding carboxylic acids is 2. The zero-order valence-corrected chi connectivity index (χ0v) is 7.82. The van der Waals surface area contributed by atoms with Crippen molar-refractivity contribution in [2.75, 3.05) is 13.7 Å². The lowest BCUT2D eigenvalue weighted by atomic mass is 10.2. The van der Waals surface area contributed by atoms with Gasteiger partial charge in [0.25, 0.3) is 5.91 Å². The molecule has 1 aromatic carbocycles. The van der Waals surface area contributed by atoms with Gasteiger partial charge in [0.1, 0.15) is 0 Å². The Morgan fingerprint density at radius 1 is 1.29 bits per heavy atom. The zero-order chi connectivity index (χ0) is 10.4. The summed E-state index contributed by atoms with van der Waals surface area (Å²) >= 11 is 0. The molecule has 1 rings (SSSR count). The average molecular weight is 193 g/mol. The monoisotopic (exact) mass is 193 g/mol. The summed E-state index contributed by atoms with van der Waals surface area (Å²) < 4.78 is 4.73. The van der Waals surface area contributed by atoms with Crippen molar-refractivity contribution >= 4 is 11.9 Å². The van der Waals surface area contributed by atoms with Crippen LogP contribution in [0.15, 0.2) is 30.3 Å². The fraction of sp³-hybridized carbons (Fsp3) is 0.200. The van der Waals surface area contributed by atoms with E-state index in [2.05, 4.69) is 5.32 Å². The van der Waals surface area contributed by atoms with Crippen LogP contribution in [0.5, 0.6) is 0 Å². The molecule has 74 valence electrons. The zero-order valence-electron chi connectivity index (χ0n) is 7.82. The summed E-state index contributed by atoms with van der Waals surface area (Å²) in [7, 11) is 1.48. The molecule has 0 unspecified atom stereocenters. The minimum atomic E-state index is -0.491. The maximum absolute atomic E-state index is 11.3. The molecular weight excluding hydrogens is 182 g/mol. The molecule has 4 heteroatoms. The van der Waals surface area contributed by atoms with Crippen LogP contribution >= 0.6 is 0 Å². The van der Waals surface area contributed by atoms with Gasteiger partial charge in [-0.3, -0.25) is 4.79 Å². The van der Waals surface area contributed by atoms with Crippen LogP contribution in [0.4, 0.5) is 0 Å². The van der Waals surface area contributed by atoms with Crippen molar-refractivity contribution in [3.05, 3.63) is 35.9 Å². The lowest BCUT2D eigenvalue weighted by Gasteiger charge is -2.02.